The molecular formula is C23H24N2O2. The number of carbonyl (C=O) groups excluding carboxylic acids is 2. The van der Waals surface area contributed by atoms with Crippen LogP contribution in [0.2, 0.25) is 0 Å². The molecule has 4 rings (SSSR count). The lowest BCUT2D eigenvalue weighted by molar-refractivity contribution is -0.129. The number of pyridine rings is 1. The first-order chi connectivity index (χ1) is 13.0. The second-order valence-electron chi connectivity index (χ2n) is 7.75. The molecule has 3 aromatic rings. The Hall–Kier alpha value is -2.88. The molecule has 138 valence electrons. The van der Waals surface area contributed by atoms with Gasteiger partial charge in [0.1, 0.15) is 5.69 Å². The van der Waals surface area contributed by atoms with Crippen molar-refractivity contribution >= 4 is 17.2 Å². The fourth-order valence-corrected chi connectivity index (χ4v) is 4.27. The summed E-state index contributed by atoms with van der Waals surface area (Å²) < 4.78 is 1.83. The molecule has 1 saturated heterocycles. The minimum atomic E-state index is -0.429. The van der Waals surface area contributed by atoms with Crippen molar-refractivity contribution in [1.82, 2.24) is 9.30 Å². The van der Waals surface area contributed by atoms with Gasteiger partial charge in [0.2, 0.25) is 0 Å². The van der Waals surface area contributed by atoms with Crippen molar-refractivity contribution < 1.29 is 9.59 Å². The summed E-state index contributed by atoms with van der Waals surface area (Å²) in [5.41, 5.74) is 3.11. The van der Waals surface area contributed by atoms with Gasteiger partial charge in [0.05, 0.1) is 0 Å². The molecule has 2 atom stereocenters. The third-order valence-corrected chi connectivity index (χ3v) is 5.33. The monoisotopic (exact) mass is 360 g/mol. The maximum atomic E-state index is 13.3. The third-order valence-electron chi connectivity index (χ3n) is 5.33. The quantitative estimate of drug-likeness (QED) is 0.516. The van der Waals surface area contributed by atoms with Crippen LogP contribution in [0.3, 0.4) is 0 Å². The molecule has 1 amide bonds. The predicted octanol–water partition coefficient (Wildman–Crippen LogP) is 4.29. The van der Waals surface area contributed by atoms with E-state index in [9.17, 15) is 9.59 Å². The molecule has 0 N–H and O–H groups in total. The summed E-state index contributed by atoms with van der Waals surface area (Å²) in [6.45, 7) is 5.59. The second kappa shape index (κ2) is 7.03. The number of aromatic nitrogens is 1. The smallest absolute Gasteiger partial charge is 0.296 e. The molecule has 0 spiro atoms. The molecule has 3 heterocycles. The van der Waals surface area contributed by atoms with Gasteiger partial charge in [-0.3, -0.25) is 9.59 Å². The summed E-state index contributed by atoms with van der Waals surface area (Å²) in [5, 5.41) is 0. The van der Waals surface area contributed by atoms with Crippen molar-refractivity contribution in [2.75, 3.05) is 13.1 Å². The number of amides is 1. The molecule has 1 aromatic carbocycles. The van der Waals surface area contributed by atoms with Crippen LogP contribution in [0.5, 0.6) is 0 Å². The molecule has 0 bridgehead atoms. The van der Waals surface area contributed by atoms with E-state index in [4.69, 9.17) is 0 Å². The van der Waals surface area contributed by atoms with Crippen molar-refractivity contribution in [1.29, 1.82) is 0 Å². The standard InChI is InChI=1S/C23H24N2O2/c1-16-12-17(2)15-24(14-16)23(27)22(26)21-20(18-8-4-3-5-9-18)13-19-10-6-7-11-25(19)21/h3-11,13,16-17H,12,14-15H2,1-2H3/t16-,17-/m1/s1. The number of benzene rings is 1. The van der Waals surface area contributed by atoms with E-state index in [-0.39, 0.29) is 0 Å². The minimum absolute atomic E-state index is 0.394. The number of hydrogen-bond acceptors (Lipinski definition) is 2. The van der Waals surface area contributed by atoms with Crippen LogP contribution in [-0.2, 0) is 4.79 Å². The first kappa shape index (κ1) is 17.5. The Morgan fingerprint density at radius 2 is 1.59 bits per heavy atom. The number of fused-ring (bicyclic) bond motifs is 1. The number of Topliss-reactive ketones (excluding diaryl/α,β-unsaturated/α-hetero) is 1. The highest BCUT2D eigenvalue weighted by atomic mass is 16.2. The van der Waals surface area contributed by atoms with Gasteiger partial charge in [-0.25, -0.2) is 0 Å². The Bertz CT molecular complexity index is 980. The lowest BCUT2D eigenvalue weighted by Crippen LogP contribution is -2.45. The Morgan fingerprint density at radius 3 is 2.30 bits per heavy atom. The van der Waals surface area contributed by atoms with E-state index in [0.717, 1.165) is 23.1 Å². The van der Waals surface area contributed by atoms with E-state index in [1.165, 1.54) is 0 Å². The number of likely N-dealkylation sites (tertiary alicyclic amines) is 1. The van der Waals surface area contributed by atoms with Crippen LogP contribution >= 0.6 is 0 Å². The second-order valence-corrected chi connectivity index (χ2v) is 7.75. The molecule has 1 aliphatic rings. The number of piperidine rings is 1. The molecule has 27 heavy (non-hydrogen) atoms. The summed E-state index contributed by atoms with van der Waals surface area (Å²) in [5.74, 6) is 0.0158. The maximum absolute atomic E-state index is 13.3. The molecule has 0 unspecified atom stereocenters. The van der Waals surface area contributed by atoms with Crippen molar-refractivity contribution in [2.45, 2.75) is 20.3 Å². The largest absolute Gasteiger partial charge is 0.335 e. The molecule has 0 saturated carbocycles. The first-order valence-corrected chi connectivity index (χ1v) is 9.53. The highest BCUT2D eigenvalue weighted by Crippen LogP contribution is 2.29. The van der Waals surface area contributed by atoms with Crippen molar-refractivity contribution in [3.8, 4) is 11.1 Å². The number of ketones is 1. The van der Waals surface area contributed by atoms with E-state index in [2.05, 4.69) is 13.8 Å². The van der Waals surface area contributed by atoms with E-state index >= 15 is 0 Å². The molecule has 4 heteroatoms. The summed E-state index contributed by atoms with van der Waals surface area (Å²) in [6, 6.07) is 17.5. The maximum Gasteiger partial charge on any atom is 0.296 e. The van der Waals surface area contributed by atoms with Crippen LogP contribution in [-0.4, -0.2) is 34.1 Å². The van der Waals surface area contributed by atoms with Gasteiger partial charge < -0.3 is 9.30 Å². The summed E-state index contributed by atoms with van der Waals surface area (Å²) in [7, 11) is 0. The molecule has 1 aliphatic heterocycles. The SMILES string of the molecule is C[C@@H]1C[C@@H](C)CN(C(=O)C(=O)c2c(-c3ccccc3)cc3ccccn23)C1. The van der Waals surface area contributed by atoms with Crippen molar-refractivity contribution in [2.24, 2.45) is 11.8 Å². The normalized spacial score (nSPS) is 20.0. The zero-order valence-electron chi connectivity index (χ0n) is 15.8. The van der Waals surface area contributed by atoms with E-state index in [1.807, 2.05) is 65.2 Å². The molecule has 4 nitrogen and oxygen atoms in total. The van der Waals surface area contributed by atoms with Crippen LogP contribution in [0.4, 0.5) is 0 Å². The van der Waals surface area contributed by atoms with E-state index < -0.39 is 11.7 Å². The van der Waals surface area contributed by atoms with Gasteiger partial charge in [0.25, 0.3) is 11.7 Å². The summed E-state index contributed by atoms with van der Waals surface area (Å²) in [6.07, 6.45) is 2.95. The zero-order chi connectivity index (χ0) is 19.0. The number of nitrogens with zero attached hydrogens (tertiary/aromatic N) is 2. The molecule has 0 radical (unpaired) electrons. The Morgan fingerprint density at radius 1 is 0.926 bits per heavy atom. The van der Waals surface area contributed by atoms with Crippen LogP contribution < -0.4 is 0 Å². The zero-order valence-corrected chi connectivity index (χ0v) is 15.8. The van der Waals surface area contributed by atoms with Gasteiger partial charge in [0, 0.05) is 30.4 Å². The fourth-order valence-electron chi connectivity index (χ4n) is 4.27. The third kappa shape index (κ3) is 3.27. The van der Waals surface area contributed by atoms with Gasteiger partial charge in [0.15, 0.2) is 0 Å². The van der Waals surface area contributed by atoms with Crippen LogP contribution in [0.1, 0.15) is 30.8 Å². The Kier molecular flexibility index (Phi) is 4.56. The molecule has 0 aliphatic carbocycles. The van der Waals surface area contributed by atoms with Crippen LogP contribution in [0.25, 0.3) is 16.6 Å². The summed E-state index contributed by atoms with van der Waals surface area (Å²) in [4.78, 5) is 28.1. The van der Waals surface area contributed by atoms with Crippen molar-refractivity contribution in [3.63, 3.8) is 0 Å². The van der Waals surface area contributed by atoms with E-state index in [1.54, 1.807) is 4.90 Å². The van der Waals surface area contributed by atoms with Gasteiger partial charge in [-0.2, -0.15) is 0 Å². The molecule has 1 fully saturated rings. The Balaban J connectivity index is 1.78. The van der Waals surface area contributed by atoms with Gasteiger partial charge in [-0.05, 0) is 42.0 Å². The van der Waals surface area contributed by atoms with Gasteiger partial charge >= 0.3 is 0 Å². The molecule has 2 aromatic heterocycles. The predicted molar refractivity (Wildman–Crippen MR) is 107 cm³/mol. The lowest BCUT2D eigenvalue weighted by Gasteiger charge is -2.34. The Labute approximate surface area is 159 Å². The van der Waals surface area contributed by atoms with Crippen molar-refractivity contribution in [3.05, 3.63) is 66.5 Å². The fraction of sp³-hybridized carbons (Fsp3) is 0.304. The first-order valence-electron chi connectivity index (χ1n) is 9.53. The molecular weight excluding hydrogens is 336 g/mol. The van der Waals surface area contributed by atoms with Gasteiger partial charge in [-0.15, -0.1) is 0 Å². The minimum Gasteiger partial charge on any atom is -0.335 e. The average Bonchev–Trinajstić information content (AvgIpc) is 3.06. The highest BCUT2D eigenvalue weighted by molar-refractivity contribution is 6.43. The lowest BCUT2D eigenvalue weighted by atomic mass is 9.91. The average molecular weight is 360 g/mol. The number of rotatable bonds is 3. The van der Waals surface area contributed by atoms with Gasteiger partial charge in [-0.1, -0.05) is 50.2 Å². The number of carbonyl (C=O) groups is 2. The summed E-state index contributed by atoms with van der Waals surface area (Å²) >= 11 is 0. The van der Waals surface area contributed by atoms with Crippen LogP contribution in [0.15, 0.2) is 60.8 Å². The highest BCUT2D eigenvalue weighted by Gasteiger charge is 2.32. The van der Waals surface area contributed by atoms with Crippen LogP contribution in [0, 0.1) is 11.8 Å². The number of hydrogen-bond donors (Lipinski definition) is 0. The topological polar surface area (TPSA) is 41.8 Å². The van der Waals surface area contributed by atoms with E-state index in [0.29, 0.717) is 30.6 Å².